The Bertz CT molecular complexity index is 417. The van der Waals surface area contributed by atoms with Crippen LogP contribution in [0.25, 0.3) is 0 Å². The second kappa shape index (κ2) is 5.12. The lowest BCUT2D eigenvalue weighted by molar-refractivity contribution is -0.137. The number of aldehydes is 1. The van der Waals surface area contributed by atoms with Crippen molar-refractivity contribution in [1.82, 2.24) is 0 Å². The summed E-state index contributed by atoms with van der Waals surface area (Å²) in [5.41, 5.74) is 0.159. The fourth-order valence-electron chi connectivity index (χ4n) is 2.56. The van der Waals surface area contributed by atoms with Gasteiger partial charge in [0.1, 0.15) is 6.29 Å². The van der Waals surface area contributed by atoms with Gasteiger partial charge in [0.05, 0.1) is 5.56 Å². The van der Waals surface area contributed by atoms with Crippen LogP contribution in [0.4, 0.5) is 13.2 Å². The largest absolute Gasteiger partial charge is 0.416 e. The zero-order valence-corrected chi connectivity index (χ0v) is 9.91. The monoisotopic (exact) mass is 256 g/mol. The number of halogens is 3. The summed E-state index contributed by atoms with van der Waals surface area (Å²) in [6.07, 6.45) is -0.164. The summed E-state index contributed by atoms with van der Waals surface area (Å²) in [6.45, 7) is 0. The summed E-state index contributed by atoms with van der Waals surface area (Å²) in [5, 5.41) is 0. The first-order chi connectivity index (χ1) is 8.50. The van der Waals surface area contributed by atoms with Crippen molar-refractivity contribution < 1.29 is 18.0 Å². The van der Waals surface area contributed by atoms with E-state index in [0.29, 0.717) is 0 Å². The van der Waals surface area contributed by atoms with E-state index in [1.165, 1.54) is 12.1 Å². The quantitative estimate of drug-likeness (QED) is 0.725. The molecule has 1 fully saturated rings. The highest BCUT2D eigenvalue weighted by molar-refractivity contribution is 5.53. The van der Waals surface area contributed by atoms with Crippen LogP contribution in [0.15, 0.2) is 24.3 Å². The Morgan fingerprint density at radius 2 is 1.78 bits per heavy atom. The summed E-state index contributed by atoms with van der Waals surface area (Å²) >= 11 is 0. The SMILES string of the molecule is O=CC1CCC(c2cccc(C(F)(F)F)c2)CC1. The Balaban J connectivity index is 2.12. The topological polar surface area (TPSA) is 17.1 Å². The van der Waals surface area contributed by atoms with Crippen molar-refractivity contribution in [2.45, 2.75) is 37.8 Å². The van der Waals surface area contributed by atoms with Gasteiger partial charge < -0.3 is 4.79 Å². The molecule has 1 aliphatic rings. The maximum atomic E-state index is 12.6. The first kappa shape index (κ1) is 13.1. The molecule has 1 saturated carbocycles. The maximum absolute atomic E-state index is 12.6. The van der Waals surface area contributed by atoms with Crippen LogP contribution in [0.2, 0.25) is 0 Å². The minimum atomic E-state index is -4.28. The van der Waals surface area contributed by atoms with Crippen molar-refractivity contribution in [2.24, 2.45) is 5.92 Å². The van der Waals surface area contributed by atoms with Crippen LogP contribution in [0.3, 0.4) is 0 Å². The van der Waals surface area contributed by atoms with E-state index in [-0.39, 0.29) is 11.8 Å². The fourth-order valence-corrected chi connectivity index (χ4v) is 2.56. The molecule has 0 heterocycles. The highest BCUT2D eigenvalue weighted by Crippen LogP contribution is 2.37. The van der Waals surface area contributed by atoms with E-state index in [9.17, 15) is 18.0 Å². The molecule has 0 radical (unpaired) electrons. The molecular weight excluding hydrogens is 241 g/mol. The van der Waals surface area contributed by atoms with Gasteiger partial charge in [0.2, 0.25) is 0 Å². The van der Waals surface area contributed by atoms with Crippen LogP contribution in [0.5, 0.6) is 0 Å². The molecule has 0 saturated heterocycles. The predicted molar refractivity (Wildman–Crippen MR) is 62.2 cm³/mol. The number of carbonyl (C=O) groups is 1. The molecule has 1 aliphatic carbocycles. The Hall–Kier alpha value is -1.32. The number of rotatable bonds is 2. The molecule has 98 valence electrons. The van der Waals surface area contributed by atoms with Crippen molar-refractivity contribution in [3.63, 3.8) is 0 Å². The summed E-state index contributed by atoms with van der Waals surface area (Å²) in [6, 6.07) is 5.55. The molecule has 1 aromatic carbocycles. The summed E-state index contributed by atoms with van der Waals surface area (Å²) in [5.74, 6) is 0.246. The molecule has 0 bridgehead atoms. The van der Waals surface area contributed by atoms with Gasteiger partial charge in [0.25, 0.3) is 0 Å². The minimum Gasteiger partial charge on any atom is -0.303 e. The third kappa shape index (κ3) is 2.92. The van der Waals surface area contributed by atoms with E-state index in [1.54, 1.807) is 6.07 Å². The van der Waals surface area contributed by atoms with E-state index in [2.05, 4.69) is 0 Å². The Morgan fingerprint density at radius 3 is 2.33 bits per heavy atom. The minimum absolute atomic E-state index is 0.0899. The zero-order chi connectivity index (χ0) is 13.2. The van der Waals surface area contributed by atoms with Gasteiger partial charge >= 0.3 is 6.18 Å². The van der Waals surface area contributed by atoms with Gasteiger partial charge in [-0.2, -0.15) is 13.2 Å². The Labute approximate surface area is 104 Å². The molecule has 0 spiro atoms. The van der Waals surface area contributed by atoms with Crippen LogP contribution in [0.1, 0.15) is 42.7 Å². The molecule has 0 unspecified atom stereocenters. The highest BCUT2D eigenvalue weighted by atomic mass is 19.4. The van der Waals surface area contributed by atoms with Gasteiger partial charge in [0.15, 0.2) is 0 Å². The smallest absolute Gasteiger partial charge is 0.303 e. The Kier molecular flexibility index (Phi) is 3.73. The maximum Gasteiger partial charge on any atom is 0.416 e. The first-order valence-electron chi connectivity index (χ1n) is 6.13. The standard InChI is InChI=1S/C14H15F3O/c15-14(16,17)13-3-1-2-12(8-13)11-6-4-10(9-18)5-7-11/h1-3,8-11H,4-7H2. The number of hydrogen-bond donors (Lipinski definition) is 0. The van der Waals surface area contributed by atoms with Gasteiger partial charge in [-0.1, -0.05) is 18.2 Å². The van der Waals surface area contributed by atoms with Gasteiger partial charge in [-0.15, -0.1) is 0 Å². The number of carbonyl (C=O) groups excluding carboxylic acids is 1. The molecule has 2 rings (SSSR count). The van der Waals surface area contributed by atoms with Crippen LogP contribution in [-0.4, -0.2) is 6.29 Å². The van der Waals surface area contributed by atoms with Crippen LogP contribution in [-0.2, 0) is 11.0 Å². The van der Waals surface area contributed by atoms with Gasteiger partial charge in [0, 0.05) is 5.92 Å². The third-order valence-corrected chi connectivity index (χ3v) is 3.65. The normalized spacial score (nSPS) is 24.8. The molecule has 0 aromatic heterocycles. The number of benzene rings is 1. The summed E-state index contributed by atoms with van der Waals surface area (Å²) in [4.78, 5) is 10.6. The molecule has 0 amide bonds. The number of alkyl halides is 3. The zero-order valence-electron chi connectivity index (χ0n) is 9.91. The molecule has 1 aromatic rings. The second-order valence-corrected chi connectivity index (χ2v) is 4.87. The van der Waals surface area contributed by atoms with E-state index in [1.807, 2.05) is 0 Å². The second-order valence-electron chi connectivity index (χ2n) is 4.87. The van der Waals surface area contributed by atoms with Gasteiger partial charge in [-0.05, 0) is 43.2 Å². The molecule has 4 heteroatoms. The fraction of sp³-hybridized carbons (Fsp3) is 0.500. The lowest BCUT2D eigenvalue weighted by atomic mass is 9.79. The average Bonchev–Trinajstić information content (AvgIpc) is 2.38. The molecular formula is C14H15F3O. The van der Waals surface area contributed by atoms with E-state index in [0.717, 1.165) is 43.6 Å². The van der Waals surface area contributed by atoms with Gasteiger partial charge in [-0.3, -0.25) is 0 Å². The third-order valence-electron chi connectivity index (χ3n) is 3.65. The first-order valence-corrected chi connectivity index (χ1v) is 6.13. The molecule has 0 atom stereocenters. The average molecular weight is 256 g/mol. The van der Waals surface area contributed by atoms with Crippen LogP contribution in [0, 0.1) is 5.92 Å². The van der Waals surface area contributed by atoms with Crippen molar-refractivity contribution in [3.8, 4) is 0 Å². The lowest BCUT2D eigenvalue weighted by Crippen LogP contribution is -2.15. The molecule has 0 N–H and O–H groups in total. The van der Waals surface area contributed by atoms with Gasteiger partial charge in [-0.25, -0.2) is 0 Å². The van der Waals surface area contributed by atoms with E-state index >= 15 is 0 Å². The summed E-state index contributed by atoms with van der Waals surface area (Å²) < 4.78 is 37.8. The van der Waals surface area contributed by atoms with Crippen LogP contribution < -0.4 is 0 Å². The molecule has 18 heavy (non-hydrogen) atoms. The van der Waals surface area contributed by atoms with Crippen molar-refractivity contribution in [2.75, 3.05) is 0 Å². The number of hydrogen-bond acceptors (Lipinski definition) is 1. The van der Waals surface area contributed by atoms with E-state index < -0.39 is 11.7 Å². The van der Waals surface area contributed by atoms with Crippen LogP contribution >= 0.6 is 0 Å². The molecule has 0 aliphatic heterocycles. The van der Waals surface area contributed by atoms with E-state index in [4.69, 9.17) is 0 Å². The lowest BCUT2D eigenvalue weighted by Gasteiger charge is -2.26. The predicted octanol–water partition coefficient (Wildman–Crippen LogP) is 4.18. The van der Waals surface area contributed by atoms with Crippen molar-refractivity contribution in [3.05, 3.63) is 35.4 Å². The Morgan fingerprint density at radius 1 is 1.11 bits per heavy atom. The van der Waals surface area contributed by atoms with Crippen molar-refractivity contribution >= 4 is 6.29 Å². The van der Waals surface area contributed by atoms with Crippen molar-refractivity contribution in [1.29, 1.82) is 0 Å². The summed E-state index contributed by atoms with van der Waals surface area (Å²) in [7, 11) is 0. The molecule has 1 nitrogen and oxygen atoms in total. The highest BCUT2D eigenvalue weighted by Gasteiger charge is 2.31.